The number of halogens is 1. The van der Waals surface area contributed by atoms with Crippen molar-refractivity contribution in [3.05, 3.63) is 0 Å². The second-order valence-corrected chi connectivity index (χ2v) is 4.84. The summed E-state index contributed by atoms with van der Waals surface area (Å²) >= 11 is 2.35. The number of alkyl halides is 1. The van der Waals surface area contributed by atoms with Crippen LogP contribution >= 0.6 is 22.6 Å². The highest BCUT2D eigenvalue weighted by atomic mass is 127. The normalized spacial score (nSPS) is 25.9. The Bertz CT molecular complexity index is 257. The number of alkyl carbamates (subject to hydrolysis) is 1. The van der Waals surface area contributed by atoms with E-state index in [1.54, 1.807) is 6.92 Å². The summed E-state index contributed by atoms with van der Waals surface area (Å²) in [7, 11) is 0. The molecule has 1 amide bonds. The van der Waals surface area contributed by atoms with E-state index in [9.17, 15) is 4.79 Å². The third-order valence-electron chi connectivity index (χ3n) is 2.17. The lowest BCUT2D eigenvalue weighted by molar-refractivity contribution is 0.0854. The molecule has 2 atom stereocenters. The van der Waals surface area contributed by atoms with Crippen LogP contribution < -0.4 is 5.32 Å². The Kier molecular flexibility index (Phi) is 5.09. The number of hydrogen-bond donors (Lipinski definition) is 1. The van der Waals surface area contributed by atoms with Crippen LogP contribution in [0.5, 0.6) is 0 Å². The fourth-order valence-corrected chi connectivity index (χ4v) is 2.41. The van der Waals surface area contributed by atoms with E-state index in [-0.39, 0.29) is 6.10 Å². The molecule has 14 heavy (non-hydrogen) atoms. The first-order valence-corrected chi connectivity index (χ1v) is 6.01. The summed E-state index contributed by atoms with van der Waals surface area (Å²) in [6, 6.07) is 2.48. The average molecular weight is 307 g/mol. The van der Waals surface area contributed by atoms with E-state index in [1.165, 1.54) is 6.42 Å². The van der Waals surface area contributed by atoms with Gasteiger partial charge in [-0.25, -0.2) is 10.1 Å². The Labute approximate surface area is 98.1 Å². The fraction of sp³-hybridized carbons (Fsp3) is 0.700. The highest BCUT2D eigenvalue weighted by Gasteiger charge is 2.25. The van der Waals surface area contributed by atoms with E-state index < -0.39 is 6.09 Å². The molecule has 4 heteroatoms. The molecule has 1 saturated carbocycles. The SMILES string of the molecule is CC#CNC(=O)OC1CCCCC1I. The van der Waals surface area contributed by atoms with Crippen LogP contribution in [0.25, 0.3) is 0 Å². The van der Waals surface area contributed by atoms with Crippen LogP contribution in [-0.2, 0) is 4.74 Å². The van der Waals surface area contributed by atoms with Crippen LogP contribution in [0.3, 0.4) is 0 Å². The Balaban J connectivity index is 2.33. The molecule has 0 spiro atoms. The van der Waals surface area contributed by atoms with Gasteiger partial charge in [0.25, 0.3) is 0 Å². The van der Waals surface area contributed by atoms with Gasteiger partial charge in [0.2, 0.25) is 0 Å². The van der Waals surface area contributed by atoms with Crippen molar-refractivity contribution >= 4 is 28.7 Å². The van der Waals surface area contributed by atoms with Gasteiger partial charge in [-0.15, -0.1) is 0 Å². The standard InChI is InChI=1S/C10H14INO2/c1-2-7-12-10(13)14-9-6-4-3-5-8(9)11/h8-9H,3-6H2,1H3,(H,12,13). The Morgan fingerprint density at radius 3 is 2.86 bits per heavy atom. The quantitative estimate of drug-likeness (QED) is 0.350. The molecule has 1 aliphatic carbocycles. The van der Waals surface area contributed by atoms with Crippen LogP contribution in [0.1, 0.15) is 32.6 Å². The molecule has 0 aromatic carbocycles. The topological polar surface area (TPSA) is 38.3 Å². The van der Waals surface area contributed by atoms with E-state index in [1.807, 2.05) is 0 Å². The van der Waals surface area contributed by atoms with Crippen molar-refractivity contribution in [2.45, 2.75) is 42.6 Å². The summed E-state index contributed by atoms with van der Waals surface area (Å²) < 4.78 is 5.69. The van der Waals surface area contributed by atoms with Gasteiger partial charge in [-0.2, -0.15) is 0 Å². The summed E-state index contributed by atoms with van der Waals surface area (Å²) in [5.41, 5.74) is 0. The number of amides is 1. The van der Waals surface area contributed by atoms with E-state index in [0.29, 0.717) is 3.92 Å². The largest absolute Gasteiger partial charge is 0.444 e. The Hall–Kier alpha value is -0.440. The minimum atomic E-state index is -0.423. The predicted molar refractivity (Wildman–Crippen MR) is 63.1 cm³/mol. The lowest BCUT2D eigenvalue weighted by Gasteiger charge is -2.26. The summed E-state index contributed by atoms with van der Waals surface area (Å²) in [6.07, 6.45) is 4.13. The summed E-state index contributed by atoms with van der Waals surface area (Å²) in [4.78, 5) is 11.2. The molecule has 0 saturated heterocycles. The van der Waals surface area contributed by atoms with Gasteiger partial charge in [0.05, 0.1) is 0 Å². The maximum absolute atomic E-state index is 11.2. The molecule has 0 aromatic heterocycles. The van der Waals surface area contributed by atoms with Crippen LogP contribution in [0, 0.1) is 12.0 Å². The minimum Gasteiger partial charge on any atom is -0.444 e. The van der Waals surface area contributed by atoms with Crippen LogP contribution in [0.15, 0.2) is 0 Å². The minimum absolute atomic E-state index is 0.0583. The molecule has 78 valence electrons. The van der Waals surface area contributed by atoms with Crippen molar-refractivity contribution in [1.29, 1.82) is 0 Å². The number of ether oxygens (including phenoxy) is 1. The molecule has 1 rings (SSSR count). The maximum Gasteiger partial charge on any atom is 0.419 e. The molecule has 1 aliphatic rings. The molecule has 1 fully saturated rings. The number of carbonyl (C=O) groups excluding carboxylic acids is 1. The van der Waals surface area contributed by atoms with Crippen molar-refractivity contribution in [3.63, 3.8) is 0 Å². The summed E-state index contributed by atoms with van der Waals surface area (Å²) in [6.45, 7) is 1.67. The predicted octanol–water partition coefficient (Wildman–Crippen LogP) is 2.44. The third-order valence-corrected chi connectivity index (χ3v) is 3.59. The Morgan fingerprint density at radius 2 is 2.21 bits per heavy atom. The molecule has 0 heterocycles. The number of rotatable bonds is 1. The summed E-state index contributed by atoms with van der Waals surface area (Å²) in [5.74, 6) is 2.58. The number of nitrogens with one attached hydrogen (secondary N) is 1. The average Bonchev–Trinajstić information content (AvgIpc) is 2.18. The summed E-state index contributed by atoms with van der Waals surface area (Å²) in [5, 5.41) is 2.37. The Morgan fingerprint density at radius 1 is 1.50 bits per heavy atom. The van der Waals surface area contributed by atoms with Gasteiger partial charge < -0.3 is 4.74 Å². The van der Waals surface area contributed by atoms with Gasteiger partial charge in [-0.3, -0.25) is 0 Å². The van der Waals surface area contributed by atoms with Crippen LogP contribution in [0.2, 0.25) is 0 Å². The first-order valence-electron chi connectivity index (χ1n) is 4.76. The van der Waals surface area contributed by atoms with Gasteiger partial charge in [0.1, 0.15) is 6.10 Å². The van der Waals surface area contributed by atoms with Gasteiger partial charge in [0, 0.05) is 9.97 Å². The second-order valence-electron chi connectivity index (χ2n) is 3.24. The van der Waals surface area contributed by atoms with Gasteiger partial charge in [-0.05, 0) is 26.2 Å². The third kappa shape index (κ3) is 3.74. The number of carbonyl (C=O) groups is 1. The smallest absolute Gasteiger partial charge is 0.419 e. The fourth-order valence-electron chi connectivity index (χ4n) is 1.46. The van der Waals surface area contributed by atoms with Crippen LogP contribution in [-0.4, -0.2) is 16.1 Å². The molecule has 2 unspecified atom stereocenters. The first-order chi connectivity index (χ1) is 6.74. The van der Waals surface area contributed by atoms with Crippen molar-refractivity contribution in [3.8, 4) is 12.0 Å². The highest BCUT2D eigenvalue weighted by molar-refractivity contribution is 14.1. The van der Waals surface area contributed by atoms with Crippen molar-refractivity contribution < 1.29 is 9.53 Å². The van der Waals surface area contributed by atoms with E-state index in [4.69, 9.17) is 4.74 Å². The lowest BCUT2D eigenvalue weighted by atomic mass is 9.98. The van der Waals surface area contributed by atoms with Crippen molar-refractivity contribution in [1.82, 2.24) is 5.32 Å². The van der Waals surface area contributed by atoms with Crippen LogP contribution in [0.4, 0.5) is 4.79 Å². The molecule has 1 N–H and O–H groups in total. The second kappa shape index (κ2) is 6.12. The van der Waals surface area contributed by atoms with E-state index in [0.717, 1.165) is 19.3 Å². The monoisotopic (exact) mass is 307 g/mol. The zero-order valence-corrected chi connectivity index (χ0v) is 10.3. The molecule has 0 radical (unpaired) electrons. The van der Waals surface area contributed by atoms with Crippen molar-refractivity contribution in [2.75, 3.05) is 0 Å². The first kappa shape index (κ1) is 11.6. The molecular formula is C10H14INO2. The molecule has 0 aliphatic heterocycles. The number of hydrogen-bond acceptors (Lipinski definition) is 2. The zero-order chi connectivity index (χ0) is 10.4. The molecule has 3 nitrogen and oxygen atoms in total. The van der Waals surface area contributed by atoms with Gasteiger partial charge >= 0.3 is 6.09 Å². The highest BCUT2D eigenvalue weighted by Crippen LogP contribution is 2.27. The molecular weight excluding hydrogens is 293 g/mol. The van der Waals surface area contributed by atoms with E-state index in [2.05, 4.69) is 39.9 Å². The van der Waals surface area contributed by atoms with Crippen molar-refractivity contribution in [2.24, 2.45) is 0 Å². The van der Waals surface area contributed by atoms with Gasteiger partial charge in [-0.1, -0.05) is 34.9 Å². The van der Waals surface area contributed by atoms with Gasteiger partial charge in [0.15, 0.2) is 0 Å². The molecule has 0 bridgehead atoms. The van der Waals surface area contributed by atoms with E-state index >= 15 is 0 Å². The maximum atomic E-state index is 11.2. The lowest BCUT2D eigenvalue weighted by Crippen LogP contribution is -2.33. The molecule has 0 aromatic rings. The zero-order valence-electron chi connectivity index (χ0n) is 8.18.